The molecule has 1 aromatic heterocycles. The Balaban J connectivity index is 1.29. The lowest BCUT2D eigenvalue weighted by atomic mass is 10.2. The topological polar surface area (TPSA) is 79.9 Å². The molecule has 0 unspecified atom stereocenters. The Morgan fingerprint density at radius 3 is 2.43 bits per heavy atom. The van der Waals surface area contributed by atoms with Crippen LogP contribution in [0.25, 0.3) is 11.4 Å². The van der Waals surface area contributed by atoms with Gasteiger partial charge in [-0.2, -0.15) is 0 Å². The maximum Gasteiger partial charge on any atom is 0.234 e. The van der Waals surface area contributed by atoms with Gasteiger partial charge < -0.3 is 10.1 Å². The van der Waals surface area contributed by atoms with Gasteiger partial charge in [-0.15, -0.1) is 5.10 Å². The van der Waals surface area contributed by atoms with Gasteiger partial charge in [0, 0.05) is 5.69 Å². The fourth-order valence-electron chi connectivity index (χ4n) is 2.64. The highest BCUT2D eigenvalue weighted by molar-refractivity contribution is 7.99. The standard InChI is InChI=1S/C22H17FN4O2S/c23-19-9-5-4-8-18(19)21-25-22(27-26-21)30-14-20(28)24-15-10-12-17(13-11-15)29-16-6-2-1-3-7-16/h1-13H,14H2,(H,24,28)(H,25,26,27). The molecule has 0 radical (unpaired) electrons. The number of rotatable bonds is 7. The molecule has 8 heteroatoms. The minimum absolute atomic E-state index is 0.122. The van der Waals surface area contributed by atoms with E-state index >= 15 is 0 Å². The van der Waals surface area contributed by atoms with Gasteiger partial charge in [0.1, 0.15) is 17.3 Å². The summed E-state index contributed by atoms with van der Waals surface area (Å²) in [5.41, 5.74) is 0.988. The van der Waals surface area contributed by atoms with Crippen LogP contribution >= 0.6 is 11.8 Å². The summed E-state index contributed by atoms with van der Waals surface area (Å²) in [7, 11) is 0. The molecular formula is C22H17FN4O2S. The van der Waals surface area contributed by atoms with Crippen LogP contribution in [0.3, 0.4) is 0 Å². The van der Waals surface area contributed by atoms with Crippen molar-refractivity contribution in [2.24, 2.45) is 0 Å². The fourth-order valence-corrected chi connectivity index (χ4v) is 3.24. The van der Waals surface area contributed by atoms with Crippen LogP contribution in [0.5, 0.6) is 11.5 Å². The third-order valence-electron chi connectivity index (χ3n) is 4.04. The Morgan fingerprint density at radius 1 is 0.967 bits per heavy atom. The van der Waals surface area contributed by atoms with Crippen molar-refractivity contribution < 1.29 is 13.9 Å². The zero-order chi connectivity index (χ0) is 20.8. The SMILES string of the molecule is O=C(CSc1n[nH]c(-c2ccccc2F)n1)Nc1ccc(Oc2ccccc2)cc1. The number of ether oxygens (including phenoxy) is 1. The van der Waals surface area contributed by atoms with Crippen LogP contribution in [0.4, 0.5) is 10.1 Å². The van der Waals surface area contributed by atoms with E-state index in [0.717, 1.165) is 17.5 Å². The molecular weight excluding hydrogens is 403 g/mol. The van der Waals surface area contributed by atoms with Crippen molar-refractivity contribution in [2.45, 2.75) is 5.16 Å². The van der Waals surface area contributed by atoms with Crippen molar-refractivity contribution in [3.8, 4) is 22.9 Å². The number of carbonyl (C=O) groups excluding carboxylic acids is 1. The van der Waals surface area contributed by atoms with E-state index in [4.69, 9.17) is 4.74 Å². The van der Waals surface area contributed by atoms with Gasteiger partial charge in [0.05, 0.1) is 11.3 Å². The number of hydrogen-bond donors (Lipinski definition) is 2. The molecule has 0 spiro atoms. The largest absolute Gasteiger partial charge is 0.457 e. The minimum atomic E-state index is -0.386. The van der Waals surface area contributed by atoms with E-state index < -0.39 is 0 Å². The van der Waals surface area contributed by atoms with Crippen molar-refractivity contribution in [3.63, 3.8) is 0 Å². The van der Waals surface area contributed by atoms with Gasteiger partial charge in [0.25, 0.3) is 0 Å². The minimum Gasteiger partial charge on any atom is -0.457 e. The van der Waals surface area contributed by atoms with Crippen LogP contribution in [0.2, 0.25) is 0 Å². The Labute approximate surface area is 176 Å². The normalized spacial score (nSPS) is 10.6. The number of nitrogens with zero attached hydrogens (tertiary/aromatic N) is 2. The highest BCUT2D eigenvalue weighted by Gasteiger charge is 2.12. The molecule has 0 aliphatic heterocycles. The molecule has 4 rings (SSSR count). The lowest BCUT2D eigenvalue weighted by Crippen LogP contribution is -2.14. The summed E-state index contributed by atoms with van der Waals surface area (Å²) in [5.74, 6) is 1.28. The molecule has 0 saturated heterocycles. The molecule has 3 aromatic carbocycles. The number of hydrogen-bond acceptors (Lipinski definition) is 5. The summed E-state index contributed by atoms with van der Waals surface area (Å²) in [5, 5.41) is 9.90. The van der Waals surface area contributed by atoms with E-state index in [1.54, 1.807) is 42.5 Å². The van der Waals surface area contributed by atoms with Crippen molar-refractivity contribution in [3.05, 3.63) is 84.7 Å². The summed E-state index contributed by atoms with van der Waals surface area (Å²) < 4.78 is 19.6. The highest BCUT2D eigenvalue weighted by atomic mass is 32.2. The Kier molecular flexibility index (Phi) is 6.05. The number of carbonyl (C=O) groups is 1. The second-order valence-electron chi connectivity index (χ2n) is 6.22. The van der Waals surface area contributed by atoms with Crippen molar-refractivity contribution >= 4 is 23.4 Å². The van der Waals surface area contributed by atoms with Crippen LogP contribution in [0.15, 0.2) is 84.0 Å². The van der Waals surface area contributed by atoms with E-state index in [2.05, 4.69) is 20.5 Å². The smallest absolute Gasteiger partial charge is 0.234 e. The van der Waals surface area contributed by atoms with E-state index in [-0.39, 0.29) is 17.5 Å². The van der Waals surface area contributed by atoms with Gasteiger partial charge >= 0.3 is 0 Å². The molecule has 0 fully saturated rings. The molecule has 6 nitrogen and oxygen atoms in total. The zero-order valence-electron chi connectivity index (χ0n) is 15.7. The van der Waals surface area contributed by atoms with Crippen molar-refractivity contribution in [1.82, 2.24) is 15.2 Å². The van der Waals surface area contributed by atoms with E-state index in [1.807, 2.05) is 30.3 Å². The average molecular weight is 420 g/mol. The maximum atomic E-state index is 13.8. The lowest BCUT2D eigenvalue weighted by molar-refractivity contribution is -0.113. The lowest BCUT2D eigenvalue weighted by Gasteiger charge is -2.07. The maximum absolute atomic E-state index is 13.8. The van der Waals surface area contributed by atoms with Gasteiger partial charge in [0.15, 0.2) is 5.82 Å². The molecule has 4 aromatic rings. The predicted octanol–water partition coefficient (Wildman–Crippen LogP) is 5.13. The summed E-state index contributed by atoms with van der Waals surface area (Å²) in [6, 6.07) is 22.8. The van der Waals surface area contributed by atoms with Crippen LogP contribution in [0, 0.1) is 5.82 Å². The number of benzene rings is 3. The second-order valence-corrected chi connectivity index (χ2v) is 7.17. The van der Waals surface area contributed by atoms with Gasteiger partial charge in [-0.1, -0.05) is 42.1 Å². The number of halogens is 1. The van der Waals surface area contributed by atoms with Gasteiger partial charge in [-0.05, 0) is 48.5 Å². The molecule has 150 valence electrons. The second kappa shape index (κ2) is 9.23. The molecule has 30 heavy (non-hydrogen) atoms. The highest BCUT2D eigenvalue weighted by Crippen LogP contribution is 2.24. The first-order chi connectivity index (χ1) is 14.7. The van der Waals surface area contributed by atoms with E-state index in [1.165, 1.54) is 6.07 Å². The number of amides is 1. The molecule has 2 N–H and O–H groups in total. The first-order valence-electron chi connectivity index (χ1n) is 9.10. The summed E-state index contributed by atoms with van der Waals surface area (Å²) in [4.78, 5) is 16.4. The number of anilines is 1. The zero-order valence-corrected chi connectivity index (χ0v) is 16.5. The number of H-pyrrole nitrogens is 1. The molecule has 0 atom stereocenters. The number of thioether (sulfide) groups is 1. The first kappa shape index (κ1) is 19.7. The number of para-hydroxylation sites is 1. The molecule has 0 aliphatic carbocycles. The van der Waals surface area contributed by atoms with Crippen LogP contribution in [-0.2, 0) is 4.79 Å². The molecule has 0 bridgehead atoms. The van der Waals surface area contributed by atoms with Crippen LogP contribution in [-0.4, -0.2) is 26.8 Å². The molecule has 0 saturated carbocycles. The third-order valence-corrected chi connectivity index (χ3v) is 4.89. The Morgan fingerprint density at radius 2 is 1.67 bits per heavy atom. The predicted molar refractivity (Wildman–Crippen MR) is 114 cm³/mol. The third kappa shape index (κ3) is 5.03. The first-order valence-corrected chi connectivity index (χ1v) is 10.1. The number of aromatic nitrogens is 3. The summed E-state index contributed by atoms with van der Waals surface area (Å²) >= 11 is 1.16. The molecule has 0 aliphatic rings. The van der Waals surface area contributed by atoms with Crippen LogP contribution < -0.4 is 10.1 Å². The summed E-state index contributed by atoms with van der Waals surface area (Å²) in [6.45, 7) is 0. The molecule has 1 heterocycles. The monoisotopic (exact) mass is 420 g/mol. The van der Waals surface area contributed by atoms with Gasteiger partial charge in [-0.3, -0.25) is 9.89 Å². The Hall–Kier alpha value is -3.65. The average Bonchev–Trinajstić information content (AvgIpc) is 3.24. The quantitative estimate of drug-likeness (QED) is 0.405. The van der Waals surface area contributed by atoms with Crippen LogP contribution in [0.1, 0.15) is 0 Å². The van der Waals surface area contributed by atoms with Crippen molar-refractivity contribution in [2.75, 3.05) is 11.1 Å². The van der Waals surface area contributed by atoms with E-state index in [0.29, 0.717) is 28.0 Å². The Bertz CT molecular complexity index is 1130. The van der Waals surface area contributed by atoms with Gasteiger partial charge in [0.2, 0.25) is 11.1 Å². The summed E-state index contributed by atoms with van der Waals surface area (Å²) in [6.07, 6.45) is 0. The molecule has 1 amide bonds. The van der Waals surface area contributed by atoms with Gasteiger partial charge in [-0.25, -0.2) is 9.37 Å². The fraction of sp³-hybridized carbons (Fsp3) is 0.0455. The number of aromatic amines is 1. The van der Waals surface area contributed by atoms with E-state index in [9.17, 15) is 9.18 Å². The van der Waals surface area contributed by atoms with Crippen molar-refractivity contribution in [1.29, 1.82) is 0 Å². The number of nitrogens with one attached hydrogen (secondary N) is 2.